The highest BCUT2D eigenvalue weighted by molar-refractivity contribution is 6.01. The quantitative estimate of drug-likeness (QED) is 0.842. The molecule has 1 aromatic heterocycles. The van der Waals surface area contributed by atoms with Gasteiger partial charge in [0.25, 0.3) is 0 Å². The van der Waals surface area contributed by atoms with Crippen LogP contribution in [-0.2, 0) is 19.9 Å². The number of Topliss-reactive ketones (excluding diaryl/α,β-unsaturated/α-hetero) is 1. The number of carbonyl (C=O) groups is 1. The molecule has 0 N–H and O–H groups in total. The van der Waals surface area contributed by atoms with Crippen molar-refractivity contribution in [3.8, 4) is 5.75 Å². The van der Waals surface area contributed by atoms with E-state index in [1.54, 1.807) is 6.20 Å². The molecule has 4 nitrogen and oxygen atoms in total. The second-order valence-electron chi connectivity index (χ2n) is 4.76. The minimum atomic E-state index is 0.226. The molecule has 2 aromatic rings. The smallest absolute Gasteiger partial charge is 0.163 e. The number of hydrogen-bond donors (Lipinski definition) is 0. The summed E-state index contributed by atoms with van der Waals surface area (Å²) in [6.07, 6.45) is 5.88. The van der Waals surface area contributed by atoms with Crippen molar-refractivity contribution >= 4 is 5.78 Å². The Bertz CT molecular complexity index is 616. The summed E-state index contributed by atoms with van der Waals surface area (Å²) in [6, 6.07) is 5.71. The van der Waals surface area contributed by atoms with Crippen LogP contribution in [0.25, 0.3) is 0 Å². The molecule has 0 aliphatic heterocycles. The van der Waals surface area contributed by atoms with E-state index in [1.165, 1.54) is 0 Å². The van der Waals surface area contributed by atoms with Gasteiger partial charge in [0.15, 0.2) is 5.78 Å². The van der Waals surface area contributed by atoms with Crippen LogP contribution >= 0.6 is 0 Å². The van der Waals surface area contributed by atoms with Crippen LogP contribution in [0.15, 0.2) is 30.6 Å². The number of imidazole rings is 1. The molecule has 0 atom stereocenters. The van der Waals surface area contributed by atoms with E-state index in [2.05, 4.69) is 4.98 Å². The molecule has 19 heavy (non-hydrogen) atoms. The van der Waals surface area contributed by atoms with Gasteiger partial charge in [0, 0.05) is 43.4 Å². The van der Waals surface area contributed by atoms with Crippen molar-refractivity contribution in [1.29, 1.82) is 0 Å². The van der Waals surface area contributed by atoms with Gasteiger partial charge >= 0.3 is 0 Å². The lowest BCUT2D eigenvalue weighted by Gasteiger charge is -2.10. The number of fused-ring (bicyclic) bond motifs is 1. The molecule has 3 rings (SSSR count). The Hall–Kier alpha value is -2.10. The predicted molar refractivity (Wildman–Crippen MR) is 71.5 cm³/mol. The monoisotopic (exact) mass is 256 g/mol. The van der Waals surface area contributed by atoms with Crippen LogP contribution in [0, 0.1) is 0 Å². The highest BCUT2D eigenvalue weighted by Gasteiger charge is 2.22. The second kappa shape index (κ2) is 4.88. The van der Waals surface area contributed by atoms with E-state index < -0.39 is 0 Å². The van der Waals surface area contributed by atoms with Gasteiger partial charge in [0.2, 0.25) is 0 Å². The number of hydrogen-bond acceptors (Lipinski definition) is 3. The third-order valence-corrected chi connectivity index (χ3v) is 3.54. The molecular weight excluding hydrogens is 240 g/mol. The molecule has 0 bridgehead atoms. The summed E-state index contributed by atoms with van der Waals surface area (Å²) >= 11 is 0. The highest BCUT2D eigenvalue weighted by atomic mass is 16.5. The summed E-state index contributed by atoms with van der Waals surface area (Å²) < 4.78 is 7.81. The summed E-state index contributed by atoms with van der Waals surface area (Å²) in [6.45, 7) is 0.579. The normalized spacial score (nSPS) is 13.6. The number of ketones is 1. The molecule has 0 radical (unpaired) electrons. The number of aryl methyl sites for hydroxylation is 1. The molecule has 0 spiro atoms. The van der Waals surface area contributed by atoms with Crippen LogP contribution in [-0.4, -0.2) is 21.9 Å². The molecule has 4 heteroatoms. The van der Waals surface area contributed by atoms with Gasteiger partial charge < -0.3 is 9.30 Å². The van der Waals surface area contributed by atoms with Crippen molar-refractivity contribution < 1.29 is 9.53 Å². The van der Waals surface area contributed by atoms with Gasteiger partial charge in [-0.05, 0) is 12.5 Å². The minimum Gasteiger partial charge on any atom is -0.493 e. The first-order valence-corrected chi connectivity index (χ1v) is 6.50. The number of nitrogens with zero attached hydrogens (tertiary/aromatic N) is 2. The fourth-order valence-corrected chi connectivity index (χ4v) is 2.48. The van der Waals surface area contributed by atoms with Crippen molar-refractivity contribution in [2.75, 3.05) is 6.61 Å². The molecule has 0 amide bonds. The molecule has 0 fully saturated rings. The number of benzene rings is 1. The fourth-order valence-electron chi connectivity index (χ4n) is 2.48. The van der Waals surface area contributed by atoms with Gasteiger partial charge in [0.05, 0.1) is 6.61 Å². The first-order valence-electron chi connectivity index (χ1n) is 6.50. The lowest BCUT2D eigenvalue weighted by molar-refractivity contribution is 0.0994. The van der Waals surface area contributed by atoms with Crippen LogP contribution in [0.3, 0.4) is 0 Å². The molecule has 1 aromatic carbocycles. The van der Waals surface area contributed by atoms with Crippen LogP contribution < -0.4 is 4.74 Å². The standard InChI is InChI=1S/C15H16N2O2/c1-17-9-8-16-15(17)7-10-19-14-4-2-3-11-12(14)5-6-13(11)18/h2-4,8-9H,5-7,10H2,1H3. The second-order valence-corrected chi connectivity index (χ2v) is 4.76. The number of aromatic nitrogens is 2. The maximum atomic E-state index is 11.7. The summed E-state index contributed by atoms with van der Waals surface area (Å²) in [5, 5.41) is 0. The Morgan fingerprint density at radius 1 is 1.37 bits per heavy atom. The Morgan fingerprint density at radius 2 is 2.26 bits per heavy atom. The van der Waals surface area contributed by atoms with E-state index in [0.717, 1.165) is 35.5 Å². The van der Waals surface area contributed by atoms with Crippen LogP contribution in [0.5, 0.6) is 5.75 Å². The number of carbonyl (C=O) groups excluding carboxylic acids is 1. The van der Waals surface area contributed by atoms with E-state index in [-0.39, 0.29) is 5.78 Å². The van der Waals surface area contributed by atoms with Crippen molar-refractivity contribution in [3.63, 3.8) is 0 Å². The van der Waals surface area contributed by atoms with E-state index in [9.17, 15) is 4.79 Å². The molecule has 1 aliphatic carbocycles. The third kappa shape index (κ3) is 2.26. The number of rotatable bonds is 4. The first kappa shape index (κ1) is 12.0. The SMILES string of the molecule is Cn1ccnc1CCOc1cccc2c1CCC2=O. The third-order valence-electron chi connectivity index (χ3n) is 3.54. The highest BCUT2D eigenvalue weighted by Crippen LogP contribution is 2.30. The Morgan fingerprint density at radius 3 is 3.05 bits per heavy atom. The molecule has 0 saturated carbocycles. The zero-order valence-corrected chi connectivity index (χ0v) is 10.9. The largest absolute Gasteiger partial charge is 0.493 e. The topological polar surface area (TPSA) is 44.1 Å². The molecule has 1 aliphatic rings. The van der Waals surface area contributed by atoms with Gasteiger partial charge in [-0.25, -0.2) is 4.98 Å². The van der Waals surface area contributed by atoms with Gasteiger partial charge in [0.1, 0.15) is 11.6 Å². The predicted octanol–water partition coefficient (Wildman–Crippen LogP) is 2.17. The van der Waals surface area contributed by atoms with E-state index >= 15 is 0 Å². The van der Waals surface area contributed by atoms with E-state index in [4.69, 9.17) is 4.74 Å². The van der Waals surface area contributed by atoms with Crippen molar-refractivity contribution in [1.82, 2.24) is 9.55 Å². The van der Waals surface area contributed by atoms with Crippen molar-refractivity contribution in [2.24, 2.45) is 7.05 Å². The maximum absolute atomic E-state index is 11.7. The summed E-state index contributed by atoms with van der Waals surface area (Å²) in [4.78, 5) is 15.9. The Balaban J connectivity index is 1.68. The average Bonchev–Trinajstić information content (AvgIpc) is 2.98. The maximum Gasteiger partial charge on any atom is 0.163 e. The van der Waals surface area contributed by atoms with Crippen LogP contribution in [0.2, 0.25) is 0 Å². The van der Waals surface area contributed by atoms with Gasteiger partial charge in [-0.15, -0.1) is 0 Å². The molecule has 1 heterocycles. The van der Waals surface area contributed by atoms with Crippen LogP contribution in [0.1, 0.15) is 28.2 Å². The van der Waals surface area contributed by atoms with Crippen molar-refractivity contribution in [3.05, 3.63) is 47.5 Å². The summed E-state index contributed by atoms with van der Waals surface area (Å²) in [7, 11) is 1.97. The van der Waals surface area contributed by atoms with Gasteiger partial charge in [-0.2, -0.15) is 0 Å². The van der Waals surface area contributed by atoms with Crippen LogP contribution in [0.4, 0.5) is 0 Å². The zero-order valence-electron chi connectivity index (χ0n) is 10.9. The average molecular weight is 256 g/mol. The first-order chi connectivity index (χ1) is 9.25. The lowest BCUT2D eigenvalue weighted by atomic mass is 10.1. The Labute approximate surface area is 112 Å². The molecule has 0 saturated heterocycles. The minimum absolute atomic E-state index is 0.226. The molecular formula is C15H16N2O2. The number of ether oxygens (including phenoxy) is 1. The Kier molecular flexibility index (Phi) is 3.07. The lowest BCUT2D eigenvalue weighted by Crippen LogP contribution is -2.07. The van der Waals surface area contributed by atoms with E-state index in [1.807, 2.05) is 36.0 Å². The van der Waals surface area contributed by atoms with Gasteiger partial charge in [-0.3, -0.25) is 4.79 Å². The fraction of sp³-hybridized carbons (Fsp3) is 0.333. The van der Waals surface area contributed by atoms with E-state index in [0.29, 0.717) is 13.0 Å². The zero-order chi connectivity index (χ0) is 13.2. The van der Waals surface area contributed by atoms with Crippen molar-refractivity contribution in [2.45, 2.75) is 19.3 Å². The van der Waals surface area contributed by atoms with Gasteiger partial charge in [-0.1, -0.05) is 12.1 Å². The summed E-state index contributed by atoms with van der Waals surface area (Å²) in [5.41, 5.74) is 1.89. The summed E-state index contributed by atoms with van der Waals surface area (Å²) in [5.74, 6) is 2.07. The molecule has 0 unspecified atom stereocenters. The molecule has 98 valence electrons.